The first-order valence-electron chi connectivity index (χ1n) is 6.99. The molecule has 1 unspecified atom stereocenters. The lowest BCUT2D eigenvalue weighted by Crippen LogP contribution is -2.26. The normalized spacial score (nSPS) is 18.0. The summed E-state index contributed by atoms with van der Waals surface area (Å²) in [4.78, 5) is 2.19. The number of hydrogen-bond donors (Lipinski definition) is 2. The quantitative estimate of drug-likeness (QED) is 0.894. The van der Waals surface area contributed by atoms with E-state index in [1.54, 1.807) is 14.2 Å². The molecule has 1 fully saturated rings. The maximum Gasteiger partial charge on any atom is 0.151 e. The fraction of sp³-hybridized carbons (Fsp3) is 0.400. The van der Waals surface area contributed by atoms with Gasteiger partial charge in [-0.1, -0.05) is 0 Å². The molecule has 1 aromatic carbocycles. The van der Waals surface area contributed by atoms with Gasteiger partial charge in [-0.15, -0.1) is 0 Å². The van der Waals surface area contributed by atoms with Gasteiger partial charge < -0.3 is 20.1 Å². The minimum atomic E-state index is 0.233. The maximum absolute atomic E-state index is 5.95. The second-order valence-corrected chi connectivity index (χ2v) is 5.20. The Hall–Kier alpha value is -2.21. The largest absolute Gasteiger partial charge is 0.497 e. The van der Waals surface area contributed by atoms with Crippen LogP contribution < -0.4 is 20.1 Å². The molecule has 0 spiro atoms. The number of aromatic amines is 1. The molecule has 0 aliphatic carbocycles. The lowest BCUT2D eigenvalue weighted by atomic mass is 10.1. The SMILES string of the molecule is COc1ccc(OC)c(-c2cc(N3CCC(N)C3)n[nH]2)c1. The van der Waals surface area contributed by atoms with Gasteiger partial charge in [-0.2, -0.15) is 5.10 Å². The zero-order valence-electron chi connectivity index (χ0n) is 12.3. The van der Waals surface area contributed by atoms with Gasteiger partial charge in [0, 0.05) is 30.8 Å². The van der Waals surface area contributed by atoms with Crippen LogP contribution in [0.2, 0.25) is 0 Å². The molecule has 0 amide bonds. The molecule has 1 aliphatic rings. The Labute approximate surface area is 123 Å². The molecule has 21 heavy (non-hydrogen) atoms. The summed E-state index contributed by atoms with van der Waals surface area (Å²) in [5.41, 5.74) is 7.78. The smallest absolute Gasteiger partial charge is 0.151 e. The molecule has 112 valence electrons. The summed E-state index contributed by atoms with van der Waals surface area (Å²) in [7, 11) is 3.30. The van der Waals surface area contributed by atoms with Crippen LogP contribution in [0.4, 0.5) is 5.82 Å². The molecule has 6 heteroatoms. The van der Waals surface area contributed by atoms with Crippen LogP contribution in [0.5, 0.6) is 11.5 Å². The van der Waals surface area contributed by atoms with Crippen LogP contribution >= 0.6 is 0 Å². The minimum Gasteiger partial charge on any atom is -0.497 e. The highest BCUT2D eigenvalue weighted by Crippen LogP contribution is 2.34. The van der Waals surface area contributed by atoms with Crippen LogP contribution in [0.15, 0.2) is 24.3 Å². The van der Waals surface area contributed by atoms with Gasteiger partial charge in [-0.25, -0.2) is 0 Å². The number of hydrogen-bond acceptors (Lipinski definition) is 5. The van der Waals surface area contributed by atoms with Crippen molar-refractivity contribution in [1.82, 2.24) is 10.2 Å². The highest BCUT2D eigenvalue weighted by atomic mass is 16.5. The van der Waals surface area contributed by atoms with Crippen molar-refractivity contribution in [3.8, 4) is 22.8 Å². The zero-order valence-corrected chi connectivity index (χ0v) is 12.3. The van der Waals surface area contributed by atoms with Crippen molar-refractivity contribution in [3.05, 3.63) is 24.3 Å². The average Bonchev–Trinajstić information content (AvgIpc) is 3.15. The molecular weight excluding hydrogens is 268 g/mol. The van der Waals surface area contributed by atoms with Gasteiger partial charge in [0.25, 0.3) is 0 Å². The predicted molar refractivity (Wildman–Crippen MR) is 81.9 cm³/mol. The second-order valence-electron chi connectivity index (χ2n) is 5.20. The lowest BCUT2D eigenvalue weighted by molar-refractivity contribution is 0.404. The first-order valence-corrected chi connectivity index (χ1v) is 6.99. The second kappa shape index (κ2) is 5.65. The molecule has 0 radical (unpaired) electrons. The number of nitrogens with one attached hydrogen (secondary N) is 1. The predicted octanol–water partition coefficient (Wildman–Crippen LogP) is 1.63. The highest BCUT2D eigenvalue weighted by molar-refractivity contribution is 5.71. The number of ether oxygens (including phenoxy) is 2. The number of nitrogens with two attached hydrogens (primary N) is 1. The van der Waals surface area contributed by atoms with E-state index in [4.69, 9.17) is 15.2 Å². The Kier molecular flexibility index (Phi) is 3.70. The van der Waals surface area contributed by atoms with Gasteiger partial charge in [0.05, 0.1) is 19.9 Å². The van der Waals surface area contributed by atoms with Crippen molar-refractivity contribution in [1.29, 1.82) is 0 Å². The molecule has 1 aliphatic heterocycles. The third kappa shape index (κ3) is 2.67. The number of anilines is 1. The third-order valence-electron chi connectivity index (χ3n) is 3.81. The number of aromatic nitrogens is 2. The summed E-state index contributed by atoms with van der Waals surface area (Å²) in [6.07, 6.45) is 1.00. The summed E-state index contributed by atoms with van der Waals surface area (Å²) in [6.45, 7) is 1.79. The lowest BCUT2D eigenvalue weighted by Gasteiger charge is -2.13. The number of nitrogens with zero attached hydrogens (tertiary/aromatic N) is 2. The van der Waals surface area contributed by atoms with Gasteiger partial charge in [0.1, 0.15) is 11.5 Å². The summed E-state index contributed by atoms with van der Waals surface area (Å²) in [5, 5.41) is 7.46. The fourth-order valence-corrected chi connectivity index (χ4v) is 2.63. The van der Waals surface area contributed by atoms with Crippen molar-refractivity contribution in [3.63, 3.8) is 0 Å². The average molecular weight is 288 g/mol. The first kappa shape index (κ1) is 13.8. The molecule has 3 rings (SSSR count). The Balaban J connectivity index is 1.92. The van der Waals surface area contributed by atoms with E-state index >= 15 is 0 Å². The van der Waals surface area contributed by atoms with Crippen molar-refractivity contribution < 1.29 is 9.47 Å². The Morgan fingerprint density at radius 2 is 2.14 bits per heavy atom. The van der Waals surface area contributed by atoms with Crippen LogP contribution in [0.3, 0.4) is 0 Å². The van der Waals surface area contributed by atoms with Crippen LogP contribution in [-0.4, -0.2) is 43.5 Å². The van der Waals surface area contributed by atoms with Crippen LogP contribution in [-0.2, 0) is 0 Å². The molecule has 1 aromatic heterocycles. The number of H-pyrrole nitrogens is 1. The molecular formula is C15H20N4O2. The van der Waals surface area contributed by atoms with Crippen LogP contribution in [0.25, 0.3) is 11.3 Å². The summed E-state index contributed by atoms with van der Waals surface area (Å²) in [5.74, 6) is 2.48. The number of methoxy groups -OCH3 is 2. The molecule has 2 aromatic rings. The maximum atomic E-state index is 5.95. The van der Waals surface area contributed by atoms with Gasteiger partial charge in [-0.05, 0) is 24.6 Å². The van der Waals surface area contributed by atoms with E-state index in [9.17, 15) is 0 Å². The van der Waals surface area contributed by atoms with E-state index in [1.165, 1.54) is 0 Å². The molecule has 0 bridgehead atoms. The molecule has 1 saturated heterocycles. The van der Waals surface area contributed by atoms with Crippen molar-refractivity contribution in [2.45, 2.75) is 12.5 Å². The summed E-state index contributed by atoms with van der Waals surface area (Å²) >= 11 is 0. The molecule has 1 atom stereocenters. The molecule has 6 nitrogen and oxygen atoms in total. The fourth-order valence-electron chi connectivity index (χ4n) is 2.63. The first-order chi connectivity index (χ1) is 10.2. The Morgan fingerprint density at radius 1 is 1.29 bits per heavy atom. The minimum absolute atomic E-state index is 0.233. The number of benzene rings is 1. The van der Waals surface area contributed by atoms with Crippen molar-refractivity contribution >= 4 is 5.82 Å². The van der Waals surface area contributed by atoms with Gasteiger partial charge in [0.2, 0.25) is 0 Å². The third-order valence-corrected chi connectivity index (χ3v) is 3.81. The topological polar surface area (TPSA) is 76.4 Å². The zero-order chi connectivity index (χ0) is 14.8. The molecule has 0 saturated carbocycles. The van der Waals surface area contributed by atoms with E-state index in [0.29, 0.717) is 0 Å². The Morgan fingerprint density at radius 3 is 2.81 bits per heavy atom. The van der Waals surface area contributed by atoms with Crippen LogP contribution in [0.1, 0.15) is 6.42 Å². The molecule has 3 N–H and O–H groups in total. The van der Waals surface area contributed by atoms with Crippen molar-refractivity contribution in [2.24, 2.45) is 5.73 Å². The van der Waals surface area contributed by atoms with Crippen LogP contribution in [0, 0.1) is 0 Å². The van der Waals surface area contributed by atoms with Gasteiger partial charge >= 0.3 is 0 Å². The molecule has 2 heterocycles. The Bertz CT molecular complexity index is 626. The van der Waals surface area contributed by atoms with E-state index in [2.05, 4.69) is 15.1 Å². The van der Waals surface area contributed by atoms with E-state index in [0.717, 1.165) is 48.1 Å². The summed E-state index contributed by atoms with van der Waals surface area (Å²) in [6, 6.07) is 7.96. The van der Waals surface area contributed by atoms with Gasteiger partial charge in [-0.3, -0.25) is 5.10 Å². The van der Waals surface area contributed by atoms with E-state index < -0.39 is 0 Å². The van der Waals surface area contributed by atoms with E-state index in [1.807, 2.05) is 24.3 Å². The van der Waals surface area contributed by atoms with Crippen molar-refractivity contribution in [2.75, 3.05) is 32.2 Å². The monoisotopic (exact) mass is 288 g/mol. The number of rotatable bonds is 4. The standard InChI is InChI=1S/C15H20N4O2/c1-20-11-3-4-14(21-2)12(7-11)13-8-15(18-17-13)19-6-5-10(16)9-19/h3-4,7-8,10H,5-6,9,16H2,1-2H3,(H,17,18). The van der Waals surface area contributed by atoms with E-state index in [-0.39, 0.29) is 6.04 Å². The summed E-state index contributed by atoms with van der Waals surface area (Å²) < 4.78 is 10.7. The highest BCUT2D eigenvalue weighted by Gasteiger charge is 2.22. The van der Waals surface area contributed by atoms with Gasteiger partial charge in [0.15, 0.2) is 5.82 Å².